The van der Waals surface area contributed by atoms with Gasteiger partial charge in [-0.1, -0.05) is 29.3 Å². The molecule has 0 spiro atoms. The van der Waals surface area contributed by atoms with E-state index in [1.165, 1.54) is 6.92 Å². The van der Waals surface area contributed by atoms with Crippen LogP contribution in [0.15, 0.2) is 30.3 Å². The van der Waals surface area contributed by atoms with E-state index in [1.54, 1.807) is 4.90 Å². The summed E-state index contributed by atoms with van der Waals surface area (Å²) in [4.78, 5) is 36.0. The molecule has 3 rings (SSSR count). The van der Waals surface area contributed by atoms with E-state index in [1.807, 2.05) is 26.0 Å². The van der Waals surface area contributed by atoms with Gasteiger partial charge in [0.05, 0.1) is 21.5 Å². The molecule has 0 saturated carbocycles. The smallest absolute Gasteiger partial charge is 0.279 e. The van der Waals surface area contributed by atoms with Gasteiger partial charge in [-0.05, 0) is 39.2 Å². The van der Waals surface area contributed by atoms with Crippen molar-refractivity contribution in [2.75, 3.05) is 6.54 Å². The van der Waals surface area contributed by atoms with Crippen molar-refractivity contribution in [3.8, 4) is 0 Å². The van der Waals surface area contributed by atoms with E-state index in [-0.39, 0.29) is 17.2 Å². The Balaban J connectivity index is 2.03. The van der Waals surface area contributed by atoms with Crippen LogP contribution < -0.4 is 0 Å². The summed E-state index contributed by atoms with van der Waals surface area (Å²) >= 11 is 0. The summed E-state index contributed by atoms with van der Waals surface area (Å²) in [7, 11) is 0. The van der Waals surface area contributed by atoms with Gasteiger partial charge in [-0.25, -0.2) is 0 Å². The number of hydrogen-bond acceptors (Lipinski definition) is 5. The molecular formula is C20H21N3O5. The molecule has 2 aromatic rings. The van der Waals surface area contributed by atoms with Crippen LogP contribution in [0.25, 0.3) is 0 Å². The topological polar surface area (TPSA) is 107 Å². The lowest BCUT2D eigenvalue weighted by Gasteiger charge is -2.26. The van der Waals surface area contributed by atoms with Crippen LogP contribution >= 0.6 is 0 Å². The van der Waals surface area contributed by atoms with Gasteiger partial charge >= 0.3 is 0 Å². The standard InChI is InChI=1S/C20H21N3O5/c1-12-7-13(2)9-15(8-12)17-5-4-6-21(17)20(24)16-10-18(22(25)26)14(3)19(11-16)23(27)28/h7-11,17H,4-6H2,1-3H3. The minimum atomic E-state index is -0.690. The summed E-state index contributed by atoms with van der Waals surface area (Å²) in [5.41, 5.74) is 2.28. The van der Waals surface area contributed by atoms with E-state index >= 15 is 0 Å². The van der Waals surface area contributed by atoms with Gasteiger partial charge in [0.1, 0.15) is 5.56 Å². The van der Waals surface area contributed by atoms with Crippen LogP contribution in [0, 0.1) is 41.0 Å². The van der Waals surface area contributed by atoms with Crippen molar-refractivity contribution in [2.45, 2.75) is 39.7 Å². The van der Waals surface area contributed by atoms with E-state index in [0.717, 1.165) is 41.7 Å². The third-order valence-electron chi connectivity index (χ3n) is 5.14. The van der Waals surface area contributed by atoms with Crippen LogP contribution in [0.5, 0.6) is 0 Å². The number of nitro groups is 2. The van der Waals surface area contributed by atoms with Crippen molar-refractivity contribution >= 4 is 17.3 Å². The minimum Gasteiger partial charge on any atom is -0.332 e. The highest BCUT2D eigenvalue weighted by molar-refractivity contribution is 5.96. The normalized spacial score (nSPS) is 16.2. The number of likely N-dealkylation sites (tertiary alicyclic amines) is 1. The molecule has 0 aromatic heterocycles. The molecule has 1 atom stereocenters. The second kappa shape index (κ2) is 7.38. The van der Waals surface area contributed by atoms with Crippen molar-refractivity contribution in [3.05, 3.63) is 78.4 Å². The Labute approximate surface area is 162 Å². The van der Waals surface area contributed by atoms with Crippen molar-refractivity contribution in [2.24, 2.45) is 0 Å². The van der Waals surface area contributed by atoms with Crippen molar-refractivity contribution < 1.29 is 14.6 Å². The van der Waals surface area contributed by atoms with E-state index < -0.39 is 27.1 Å². The molecule has 28 heavy (non-hydrogen) atoms. The quantitative estimate of drug-likeness (QED) is 0.574. The zero-order valence-corrected chi connectivity index (χ0v) is 16.0. The van der Waals surface area contributed by atoms with E-state index in [2.05, 4.69) is 6.07 Å². The van der Waals surface area contributed by atoms with Crippen LogP contribution in [-0.4, -0.2) is 27.2 Å². The first-order valence-electron chi connectivity index (χ1n) is 9.01. The van der Waals surface area contributed by atoms with Crippen LogP contribution in [0.1, 0.15) is 51.5 Å². The zero-order chi connectivity index (χ0) is 20.6. The Morgan fingerprint density at radius 2 is 1.50 bits per heavy atom. The molecule has 1 amide bonds. The molecule has 1 aliphatic heterocycles. The molecule has 1 fully saturated rings. The van der Waals surface area contributed by atoms with Gasteiger partial charge < -0.3 is 4.90 Å². The third-order valence-corrected chi connectivity index (χ3v) is 5.14. The average Bonchev–Trinajstić information content (AvgIpc) is 3.09. The number of carbonyl (C=O) groups is 1. The highest BCUT2D eigenvalue weighted by Crippen LogP contribution is 2.36. The number of aryl methyl sites for hydroxylation is 2. The monoisotopic (exact) mass is 383 g/mol. The Morgan fingerprint density at radius 3 is 2.00 bits per heavy atom. The Bertz CT molecular complexity index is 931. The van der Waals surface area contributed by atoms with Crippen molar-refractivity contribution in [1.29, 1.82) is 0 Å². The van der Waals surface area contributed by atoms with Gasteiger partial charge in [0.25, 0.3) is 17.3 Å². The third kappa shape index (κ3) is 3.58. The Morgan fingerprint density at radius 1 is 0.964 bits per heavy atom. The molecule has 2 aromatic carbocycles. The fourth-order valence-electron chi connectivity index (χ4n) is 3.91. The van der Waals surface area contributed by atoms with Crippen molar-refractivity contribution in [1.82, 2.24) is 4.90 Å². The van der Waals surface area contributed by atoms with Gasteiger partial charge in [-0.3, -0.25) is 25.0 Å². The predicted octanol–water partition coefficient (Wildman–Crippen LogP) is 4.41. The minimum absolute atomic E-state index is 0.0275. The van der Waals surface area contributed by atoms with Gasteiger partial charge in [0.2, 0.25) is 0 Å². The van der Waals surface area contributed by atoms with E-state index in [4.69, 9.17) is 0 Å². The lowest BCUT2D eigenvalue weighted by Crippen LogP contribution is -2.30. The van der Waals surface area contributed by atoms with E-state index in [0.29, 0.717) is 6.54 Å². The lowest BCUT2D eigenvalue weighted by atomic mass is 9.99. The van der Waals surface area contributed by atoms with Gasteiger partial charge in [0.15, 0.2) is 0 Å². The number of carbonyl (C=O) groups excluding carboxylic acids is 1. The molecule has 0 bridgehead atoms. The molecular weight excluding hydrogens is 362 g/mol. The van der Waals surface area contributed by atoms with Gasteiger partial charge in [-0.2, -0.15) is 0 Å². The number of hydrogen-bond donors (Lipinski definition) is 0. The molecule has 0 aliphatic carbocycles. The number of rotatable bonds is 4. The first-order valence-corrected chi connectivity index (χ1v) is 9.01. The number of nitrogens with zero attached hydrogens (tertiary/aromatic N) is 3. The lowest BCUT2D eigenvalue weighted by molar-refractivity contribution is -0.395. The molecule has 0 radical (unpaired) electrons. The average molecular weight is 383 g/mol. The number of amides is 1. The van der Waals surface area contributed by atoms with E-state index in [9.17, 15) is 25.0 Å². The van der Waals surface area contributed by atoms with Crippen molar-refractivity contribution in [3.63, 3.8) is 0 Å². The molecule has 1 saturated heterocycles. The first kappa shape index (κ1) is 19.5. The fourth-order valence-corrected chi connectivity index (χ4v) is 3.91. The summed E-state index contributed by atoms with van der Waals surface area (Å²) in [6.07, 6.45) is 1.59. The summed E-state index contributed by atoms with van der Waals surface area (Å²) in [6, 6.07) is 8.25. The summed E-state index contributed by atoms with van der Waals surface area (Å²) < 4.78 is 0. The van der Waals surface area contributed by atoms with Crippen LogP contribution in [0.2, 0.25) is 0 Å². The summed E-state index contributed by atoms with van der Waals surface area (Å²) in [6.45, 7) is 5.80. The summed E-state index contributed by atoms with van der Waals surface area (Å²) in [5.74, 6) is -0.423. The number of nitro benzene ring substituents is 2. The maximum Gasteiger partial charge on any atom is 0.279 e. The van der Waals surface area contributed by atoms with Crippen LogP contribution in [-0.2, 0) is 0 Å². The Kier molecular flexibility index (Phi) is 5.13. The van der Waals surface area contributed by atoms with Gasteiger partial charge in [-0.15, -0.1) is 0 Å². The molecule has 1 aliphatic rings. The second-order valence-electron chi connectivity index (χ2n) is 7.23. The summed E-state index contributed by atoms with van der Waals surface area (Å²) in [5, 5.41) is 22.6. The van der Waals surface area contributed by atoms with Crippen LogP contribution in [0.4, 0.5) is 11.4 Å². The maximum absolute atomic E-state index is 13.1. The van der Waals surface area contributed by atoms with Gasteiger partial charge in [0, 0.05) is 18.7 Å². The highest BCUT2D eigenvalue weighted by Gasteiger charge is 2.33. The molecule has 146 valence electrons. The fraction of sp³-hybridized carbons (Fsp3) is 0.350. The first-order chi connectivity index (χ1) is 13.2. The molecule has 1 heterocycles. The molecule has 8 nitrogen and oxygen atoms in total. The SMILES string of the molecule is Cc1cc(C)cc(C2CCCN2C(=O)c2cc([N+](=O)[O-])c(C)c([N+](=O)[O-])c2)c1. The second-order valence-corrected chi connectivity index (χ2v) is 7.23. The predicted molar refractivity (Wildman–Crippen MR) is 103 cm³/mol. The molecule has 0 N–H and O–H groups in total. The highest BCUT2D eigenvalue weighted by atomic mass is 16.6. The van der Waals surface area contributed by atoms with Crippen LogP contribution in [0.3, 0.4) is 0 Å². The Hall–Kier alpha value is -3.29. The number of benzene rings is 2. The molecule has 1 unspecified atom stereocenters. The largest absolute Gasteiger partial charge is 0.332 e. The molecule has 8 heteroatoms. The maximum atomic E-state index is 13.1. The zero-order valence-electron chi connectivity index (χ0n) is 16.0.